The molecule has 0 aliphatic carbocycles. The van der Waals surface area contributed by atoms with E-state index in [0.717, 1.165) is 26.4 Å². The second-order valence-corrected chi connectivity index (χ2v) is 6.70. The Morgan fingerprint density at radius 2 is 1.95 bits per heavy atom. The Labute approximate surface area is 126 Å². The van der Waals surface area contributed by atoms with Crippen molar-refractivity contribution in [1.82, 2.24) is 15.2 Å². The molecule has 1 aromatic carbocycles. The molecule has 0 unspecified atom stereocenters. The molecule has 0 fully saturated rings. The van der Waals surface area contributed by atoms with Gasteiger partial charge in [0.15, 0.2) is 4.34 Å². The maximum Gasteiger partial charge on any atom is 0.416 e. The maximum absolute atomic E-state index is 12.7. The van der Waals surface area contributed by atoms with E-state index in [1.165, 1.54) is 35.4 Å². The lowest BCUT2D eigenvalue weighted by molar-refractivity contribution is -0.137. The van der Waals surface area contributed by atoms with Gasteiger partial charge in [-0.2, -0.15) is 13.2 Å². The molecule has 0 spiro atoms. The topological polar surface area (TPSA) is 38.7 Å². The van der Waals surface area contributed by atoms with Crippen LogP contribution in [0, 0.1) is 6.92 Å². The van der Waals surface area contributed by atoms with Gasteiger partial charge >= 0.3 is 6.18 Å². The van der Waals surface area contributed by atoms with Crippen molar-refractivity contribution in [2.75, 3.05) is 0 Å². The Hall–Kier alpha value is -1.67. The molecule has 0 saturated carbocycles. The first-order chi connectivity index (χ1) is 9.93. The van der Waals surface area contributed by atoms with Crippen LogP contribution in [0.4, 0.5) is 13.2 Å². The van der Waals surface area contributed by atoms with E-state index in [9.17, 15) is 13.2 Å². The summed E-state index contributed by atoms with van der Waals surface area (Å²) in [6, 6.07) is 5.34. The van der Waals surface area contributed by atoms with Gasteiger partial charge in [0, 0.05) is 16.5 Å². The molecule has 0 N–H and O–H groups in total. The molecule has 0 aliphatic rings. The third kappa shape index (κ3) is 3.01. The third-order valence-corrected chi connectivity index (χ3v) is 4.70. The Balaban J connectivity index is 2.04. The van der Waals surface area contributed by atoms with Crippen LogP contribution in [-0.4, -0.2) is 15.2 Å². The van der Waals surface area contributed by atoms with Crippen LogP contribution in [0.2, 0.25) is 0 Å². The Morgan fingerprint density at radius 3 is 2.62 bits per heavy atom. The number of halogens is 3. The van der Waals surface area contributed by atoms with Crippen molar-refractivity contribution in [2.45, 2.75) is 22.3 Å². The predicted molar refractivity (Wildman–Crippen MR) is 75.5 cm³/mol. The Kier molecular flexibility index (Phi) is 3.58. The first-order valence-electron chi connectivity index (χ1n) is 5.87. The molecule has 0 amide bonds. The number of pyridine rings is 1. The van der Waals surface area contributed by atoms with Crippen molar-refractivity contribution in [1.29, 1.82) is 0 Å². The van der Waals surface area contributed by atoms with Crippen LogP contribution in [0.5, 0.6) is 0 Å². The Bertz CT molecular complexity index is 799. The van der Waals surface area contributed by atoms with Crippen molar-refractivity contribution < 1.29 is 13.2 Å². The fourth-order valence-electron chi connectivity index (χ4n) is 1.80. The average molecular weight is 327 g/mol. The molecule has 0 saturated heterocycles. The van der Waals surface area contributed by atoms with Crippen LogP contribution in [0.3, 0.4) is 0 Å². The summed E-state index contributed by atoms with van der Waals surface area (Å²) in [6.07, 6.45) is -2.87. The van der Waals surface area contributed by atoms with E-state index in [1.54, 1.807) is 6.07 Å². The summed E-state index contributed by atoms with van der Waals surface area (Å²) < 4.78 is 38.9. The quantitative estimate of drug-likeness (QED) is 0.691. The normalized spacial score (nSPS) is 12.0. The summed E-state index contributed by atoms with van der Waals surface area (Å²) in [5.74, 6) is 0. The summed E-state index contributed by atoms with van der Waals surface area (Å²) in [6.45, 7) is 1.85. The maximum atomic E-state index is 12.7. The van der Waals surface area contributed by atoms with Gasteiger partial charge in [0.1, 0.15) is 5.01 Å². The Morgan fingerprint density at radius 1 is 1.14 bits per heavy atom. The standard InChI is InChI=1S/C13H8F3N3S2/c1-7-18-19-12(20-7)21-11-4-5-17-10-6-8(13(14,15)16)2-3-9(10)11/h2-6H,1H3. The van der Waals surface area contributed by atoms with E-state index in [4.69, 9.17) is 0 Å². The van der Waals surface area contributed by atoms with E-state index in [2.05, 4.69) is 15.2 Å². The summed E-state index contributed by atoms with van der Waals surface area (Å²) >= 11 is 2.81. The van der Waals surface area contributed by atoms with Crippen molar-refractivity contribution >= 4 is 34.0 Å². The van der Waals surface area contributed by atoms with E-state index >= 15 is 0 Å². The molecule has 0 aliphatic heterocycles. The number of alkyl halides is 3. The molecular weight excluding hydrogens is 319 g/mol. The first kappa shape index (κ1) is 14.3. The molecule has 3 rings (SSSR count). The zero-order valence-electron chi connectivity index (χ0n) is 10.7. The van der Waals surface area contributed by atoms with Gasteiger partial charge in [-0.3, -0.25) is 4.98 Å². The van der Waals surface area contributed by atoms with Gasteiger partial charge in [0.05, 0.1) is 11.1 Å². The molecule has 3 aromatic rings. The van der Waals surface area contributed by atoms with E-state index in [-0.39, 0.29) is 0 Å². The van der Waals surface area contributed by atoms with E-state index in [1.807, 2.05) is 6.92 Å². The highest BCUT2D eigenvalue weighted by atomic mass is 32.2. The molecule has 0 bridgehead atoms. The minimum absolute atomic E-state index is 0.316. The highest BCUT2D eigenvalue weighted by Gasteiger charge is 2.30. The lowest BCUT2D eigenvalue weighted by Crippen LogP contribution is -2.04. The van der Waals surface area contributed by atoms with Crippen molar-refractivity contribution in [2.24, 2.45) is 0 Å². The number of rotatable bonds is 2. The van der Waals surface area contributed by atoms with Gasteiger partial charge in [-0.25, -0.2) is 0 Å². The average Bonchev–Trinajstić information content (AvgIpc) is 2.83. The fourth-order valence-corrected chi connectivity index (χ4v) is 3.70. The van der Waals surface area contributed by atoms with Crippen LogP contribution in [0.15, 0.2) is 39.7 Å². The van der Waals surface area contributed by atoms with Crippen LogP contribution < -0.4 is 0 Å². The van der Waals surface area contributed by atoms with Crippen LogP contribution in [-0.2, 0) is 6.18 Å². The van der Waals surface area contributed by atoms with Crippen LogP contribution in [0.1, 0.15) is 10.6 Å². The third-order valence-electron chi connectivity index (χ3n) is 2.73. The van der Waals surface area contributed by atoms with Gasteiger partial charge in [-0.15, -0.1) is 10.2 Å². The summed E-state index contributed by atoms with van der Waals surface area (Å²) in [5.41, 5.74) is -0.382. The van der Waals surface area contributed by atoms with Crippen molar-refractivity contribution in [3.05, 3.63) is 41.0 Å². The van der Waals surface area contributed by atoms with Gasteiger partial charge in [0.2, 0.25) is 0 Å². The van der Waals surface area contributed by atoms with Gasteiger partial charge < -0.3 is 0 Å². The molecule has 2 heterocycles. The SMILES string of the molecule is Cc1nnc(Sc2ccnc3cc(C(F)(F)F)ccc23)s1. The molecule has 2 aromatic heterocycles. The van der Waals surface area contributed by atoms with Crippen LogP contribution >= 0.6 is 23.1 Å². The number of fused-ring (bicyclic) bond motifs is 1. The molecule has 0 atom stereocenters. The number of benzene rings is 1. The molecule has 3 nitrogen and oxygen atoms in total. The summed E-state index contributed by atoms with van der Waals surface area (Å²) in [4.78, 5) is 4.83. The smallest absolute Gasteiger partial charge is 0.256 e. The molecule has 8 heteroatoms. The number of aromatic nitrogens is 3. The van der Waals surface area contributed by atoms with Gasteiger partial charge in [0.25, 0.3) is 0 Å². The van der Waals surface area contributed by atoms with Crippen molar-refractivity contribution in [3.63, 3.8) is 0 Å². The number of nitrogens with zero attached hydrogens (tertiary/aromatic N) is 3. The fraction of sp³-hybridized carbons (Fsp3) is 0.154. The summed E-state index contributed by atoms with van der Waals surface area (Å²) in [7, 11) is 0. The van der Waals surface area contributed by atoms with Crippen LogP contribution in [0.25, 0.3) is 10.9 Å². The molecular formula is C13H8F3N3S2. The molecule has 21 heavy (non-hydrogen) atoms. The summed E-state index contributed by atoms with van der Waals surface area (Å²) in [5, 5.41) is 9.44. The van der Waals surface area contributed by atoms with E-state index < -0.39 is 11.7 Å². The number of hydrogen-bond donors (Lipinski definition) is 0. The minimum Gasteiger partial charge on any atom is -0.256 e. The second-order valence-electron chi connectivity index (χ2n) is 4.23. The second kappa shape index (κ2) is 5.27. The zero-order valence-corrected chi connectivity index (χ0v) is 12.3. The monoisotopic (exact) mass is 327 g/mol. The van der Waals surface area contributed by atoms with Crippen molar-refractivity contribution in [3.8, 4) is 0 Å². The largest absolute Gasteiger partial charge is 0.416 e. The minimum atomic E-state index is -4.37. The van der Waals surface area contributed by atoms with Gasteiger partial charge in [-0.05, 0) is 25.1 Å². The predicted octanol–water partition coefficient (Wildman–Crippen LogP) is 4.56. The highest BCUT2D eigenvalue weighted by molar-refractivity contribution is 8.01. The van der Waals surface area contributed by atoms with E-state index in [0.29, 0.717) is 10.9 Å². The van der Waals surface area contributed by atoms with Gasteiger partial charge in [-0.1, -0.05) is 29.2 Å². The lowest BCUT2D eigenvalue weighted by atomic mass is 10.1. The zero-order chi connectivity index (χ0) is 15.0. The molecule has 108 valence electrons. The first-order valence-corrected chi connectivity index (χ1v) is 7.51. The lowest BCUT2D eigenvalue weighted by Gasteiger charge is -2.09. The number of hydrogen-bond acceptors (Lipinski definition) is 5. The number of aryl methyl sites for hydroxylation is 1. The molecule has 0 radical (unpaired) electrons. The highest BCUT2D eigenvalue weighted by Crippen LogP contribution is 2.36.